The van der Waals surface area contributed by atoms with Gasteiger partial charge in [-0.1, -0.05) is 158 Å². The zero-order valence-electron chi connectivity index (χ0n) is 30.7. The lowest BCUT2D eigenvalue weighted by Crippen LogP contribution is -2.09. The van der Waals surface area contributed by atoms with Crippen LogP contribution < -0.4 is 4.90 Å². The minimum absolute atomic E-state index is 0.892. The first-order valence-corrected chi connectivity index (χ1v) is 19.1. The highest BCUT2D eigenvalue weighted by molar-refractivity contribution is 6.06. The average molecular weight is 716 g/mol. The van der Waals surface area contributed by atoms with Crippen molar-refractivity contribution in [2.24, 2.45) is 0 Å². The van der Waals surface area contributed by atoms with Crippen LogP contribution in [0.15, 0.2) is 229 Å². The van der Waals surface area contributed by atoms with E-state index in [1.54, 1.807) is 0 Å². The highest BCUT2D eigenvalue weighted by Crippen LogP contribution is 2.45. The van der Waals surface area contributed by atoms with Crippen LogP contribution >= 0.6 is 0 Å². The summed E-state index contributed by atoms with van der Waals surface area (Å²) in [6, 6.07) is 80.1. The Hall–Kier alpha value is -7.42. The van der Waals surface area contributed by atoms with Crippen LogP contribution in [0.3, 0.4) is 0 Å². The second-order valence-corrected chi connectivity index (χ2v) is 14.1. The highest BCUT2D eigenvalue weighted by Gasteiger charge is 2.19. The molecule has 10 aromatic rings. The van der Waals surface area contributed by atoms with Crippen LogP contribution in [0.4, 0.5) is 17.1 Å². The van der Waals surface area contributed by atoms with Gasteiger partial charge in [-0.05, 0) is 122 Å². The molecule has 0 aliphatic rings. The van der Waals surface area contributed by atoms with Gasteiger partial charge >= 0.3 is 0 Å². The third-order valence-corrected chi connectivity index (χ3v) is 10.7. The summed E-state index contributed by atoms with van der Waals surface area (Å²) in [5, 5.41) is 2.27. The Morgan fingerprint density at radius 3 is 1.29 bits per heavy atom. The molecule has 0 bridgehead atoms. The molecule has 0 radical (unpaired) electrons. The van der Waals surface area contributed by atoms with Crippen molar-refractivity contribution in [1.82, 2.24) is 0 Å². The molecule has 0 atom stereocenters. The van der Waals surface area contributed by atoms with Gasteiger partial charge in [-0.3, -0.25) is 0 Å². The van der Waals surface area contributed by atoms with Crippen molar-refractivity contribution in [1.29, 1.82) is 0 Å². The summed E-state index contributed by atoms with van der Waals surface area (Å²) in [6.45, 7) is 0. The van der Waals surface area contributed by atoms with E-state index in [-0.39, 0.29) is 0 Å². The largest absolute Gasteiger partial charge is 0.456 e. The SMILES string of the molecule is c1ccc(-c2ccc(N(c3ccccc3)c3ccc(-c4c(-c5ccccc5)cc(-c5ccc6c(c5)oc5ccccc56)cc4-c4ccccc4)cc3)cc2)cc1. The third-order valence-electron chi connectivity index (χ3n) is 10.7. The zero-order chi connectivity index (χ0) is 37.3. The van der Waals surface area contributed by atoms with Crippen LogP contribution in [0, 0.1) is 0 Å². The monoisotopic (exact) mass is 715 g/mol. The number of anilines is 3. The normalized spacial score (nSPS) is 11.2. The molecular weight excluding hydrogens is 679 g/mol. The van der Waals surface area contributed by atoms with Gasteiger partial charge in [0, 0.05) is 27.8 Å². The maximum Gasteiger partial charge on any atom is 0.136 e. The lowest BCUT2D eigenvalue weighted by molar-refractivity contribution is 0.669. The Morgan fingerprint density at radius 1 is 0.268 bits per heavy atom. The van der Waals surface area contributed by atoms with Crippen molar-refractivity contribution in [3.05, 3.63) is 224 Å². The molecule has 0 saturated heterocycles. The van der Waals surface area contributed by atoms with E-state index in [1.165, 1.54) is 38.9 Å². The fraction of sp³-hybridized carbons (Fsp3) is 0. The van der Waals surface area contributed by atoms with E-state index in [0.29, 0.717) is 0 Å². The minimum Gasteiger partial charge on any atom is -0.456 e. The molecule has 1 aromatic heterocycles. The molecule has 0 saturated carbocycles. The molecule has 0 amide bonds. The van der Waals surface area contributed by atoms with Gasteiger partial charge in [0.05, 0.1) is 0 Å². The first kappa shape index (κ1) is 33.2. The average Bonchev–Trinajstić information content (AvgIpc) is 3.66. The number of furan rings is 1. The second-order valence-electron chi connectivity index (χ2n) is 14.1. The Bertz CT molecular complexity index is 2850. The van der Waals surface area contributed by atoms with Crippen LogP contribution in [-0.2, 0) is 0 Å². The molecule has 264 valence electrons. The third kappa shape index (κ3) is 6.24. The van der Waals surface area contributed by atoms with Gasteiger partial charge < -0.3 is 9.32 Å². The summed E-state index contributed by atoms with van der Waals surface area (Å²) in [5.74, 6) is 0. The Morgan fingerprint density at radius 2 is 0.696 bits per heavy atom. The van der Waals surface area contributed by atoms with Gasteiger partial charge in [0.15, 0.2) is 0 Å². The molecule has 2 heteroatoms. The quantitative estimate of drug-likeness (QED) is 0.156. The molecule has 0 fully saturated rings. The topological polar surface area (TPSA) is 16.4 Å². The summed E-state index contributed by atoms with van der Waals surface area (Å²) in [7, 11) is 0. The summed E-state index contributed by atoms with van der Waals surface area (Å²) in [6.07, 6.45) is 0. The summed E-state index contributed by atoms with van der Waals surface area (Å²) >= 11 is 0. The molecule has 1 heterocycles. The van der Waals surface area contributed by atoms with Crippen LogP contribution in [0.5, 0.6) is 0 Å². The van der Waals surface area contributed by atoms with E-state index in [0.717, 1.165) is 55.7 Å². The molecule has 9 aromatic carbocycles. The summed E-state index contributed by atoms with van der Waals surface area (Å²) < 4.78 is 6.35. The minimum atomic E-state index is 0.892. The standard InChI is InChI=1S/C54H37NO/c1-5-15-38(16-6-1)39-25-30-46(31-26-39)55(45-21-11-4-12-22-45)47-32-27-42(28-33-47)54-50(40-17-7-2-8-18-40)35-44(36-51(54)41-19-9-3-10-20-41)43-29-34-49-48-23-13-14-24-52(48)56-53(49)37-43/h1-37H. The smallest absolute Gasteiger partial charge is 0.136 e. The molecule has 10 rings (SSSR count). The maximum absolute atomic E-state index is 6.35. The van der Waals surface area contributed by atoms with E-state index < -0.39 is 0 Å². The van der Waals surface area contributed by atoms with Crippen LogP contribution in [-0.4, -0.2) is 0 Å². The van der Waals surface area contributed by atoms with E-state index in [4.69, 9.17) is 4.42 Å². The Balaban J connectivity index is 1.12. The van der Waals surface area contributed by atoms with Crippen molar-refractivity contribution in [3.63, 3.8) is 0 Å². The Kier molecular flexibility index (Phi) is 8.55. The number of para-hydroxylation sites is 2. The molecule has 56 heavy (non-hydrogen) atoms. The molecule has 0 aliphatic heterocycles. The van der Waals surface area contributed by atoms with E-state index >= 15 is 0 Å². The number of nitrogens with zero attached hydrogens (tertiary/aromatic N) is 1. The van der Waals surface area contributed by atoms with Gasteiger partial charge in [0.25, 0.3) is 0 Å². The molecule has 2 nitrogen and oxygen atoms in total. The van der Waals surface area contributed by atoms with E-state index in [1.807, 2.05) is 12.1 Å². The zero-order valence-corrected chi connectivity index (χ0v) is 30.7. The maximum atomic E-state index is 6.35. The molecule has 0 spiro atoms. The van der Waals surface area contributed by atoms with Crippen molar-refractivity contribution >= 4 is 39.0 Å². The van der Waals surface area contributed by atoms with Gasteiger partial charge in [-0.25, -0.2) is 0 Å². The van der Waals surface area contributed by atoms with Gasteiger partial charge in [-0.2, -0.15) is 0 Å². The lowest BCUT2D eigenvalue weighted by Gasteiger charge is -2.26. The Labute approximate surface area is 327 Å². The fourth-order valence-electron chi connectivity index (χ4n) is 7.95. The number of hydrogen-bond acceptors (Lipinski definition) is 2. The number of hydrogen-bond donors (Lipinski definition) is 0. The summed E-state index contributed by atoms with van der Waals surface area (Å²) in [5.41, 5.74) is 16.8. The first-order valence-electron chi connectivity index (χ1n) is 19.1. The predicted octanol–water partition coefficient (Wildman–Crippen LogP) is 15.4. The molecule has 0 aliphatic carbocycles. The van der Waals surface area contributed by atoms with Crippen molar-refractivity contribution in [2.75, 3.05) is 4.90 Å². The van der Waals surface area contributed by atoms with E-state index in [2.05, 4.69) is 217 Å². The van der Waals surface area contributed by atoms with Gasteiger partial charge in [-0.15, -0.1) is 0 Å². The van der Waals surface area contributed by atoms with Crippen LogP contribution in [0.1, 0.15) is 0 Å². The van der Waals surface area contributed by atoms with Crippen molar-refractivity contribution < 1.29 is 4.42 Å². The van der Waals surface area contributed by atoms with Gasteiger partial charge in [0.1, 0.15) is 11.2 Å². The number of fused-ring (bicyclic) bond motifs is 3. The van der Waals surface area contributed by atoms with Gasteiger partial charge in [0.2, 0.25) is 0 Å². The van der Waals surface area contributed by atoms with Crippen LogP contribution in [0.2, 0.25) is 0 Å². The number of rotatable bonds is 8. The summed E-state index contributed by atoms with van der Waals surface area (Å²) in [4.78, 5) is 2.33. The molecular formula is C54H37NO. The highest BCUT2D eigenvalue weighted by atomic mass is 16.3. The molecule has 0 unspecified atom stereocenters. The second kappa shape index (κ2) is 14.4. The van der Waals surface area contributed by atoms with E-state index in [9.17, 15) is 0 Å². The first-order chi connectivity index (χ1) is 27.8. The lowest BCUT2D eigenvalue weighted by atomic mass is 9.84. The van der Waals surface area contributed by atoms with Crippen molar-refractivity contribution in [3.8, 4) is 55.6 Å². The van der Waals surface area contributed by atoms with Crippen LogP contribution in [0.25, 0.3) is 77.6 Å². The number of benzene rings is 9. The predicted molar refractivity (Wildman–Crippen MR) is 236 cm³/mol. The fourth-order valence-corrected chi connectivity index (χ4v) is 7.95. The molecule has 0 N–H and O–H groups in total. The van der Waals surface area contributed by atoms with Crippen molar-refractivity contribution in [2.45, 2.75) is 0 Å².